The Bertz CT molecular complexity index is 801. The Balaban J connectivity index is 2.16. The van der Waals surface area contributed by atoms with Crippen molar-refractivity contribution in [1.82, 2.24) is 14.0 Å². The Labute approximate surface area is 115 Å². The summed E-state index contributed by atoms with van der Waals surface area (Å²) in [6, 6.07) is 5.76. The Kier molecular flexibility index (Phi) is 2.85. The maximum Gasteiger partial charge on any atom is 0.303 e. The molecule has 0 bridgehead atoms. The van der Waals surface area contributed by atoms with E-state index in [4.69, 9.17) is 9.84 Å². The minimum Gasteiger partial charge on any atom is -0.494 e. The van der Waals surface area contributed by atoms with Crippen LogP contribution in [0.5, 0.6) is 5.75 Å². The van der Waals surface area contributed by atoms with E-state index in [2.05, 4.69) is 4.98 Å². The van der Waals surface area contributed by atoms with Gasteiger partial charge in [0, 0.05) is 18.9 Å². The molecule has 20 heavy (non-hydrogen) atoms. The summed E-state index contributed by atoms with van der Waals surface area (Å²) < 4.78 is 9.20. The zero-order chi connectivity index (χ0) is 14.3. The molecule has 2 heterocycles. The number of carboxylic acids is 1. The molecule has 0 aliphatic rings. The molecule has 3 aromatic rings. The molecule has 0 amide bonds. The monoisotopic (exact) mass is 273 g/mol. The van der Waals surface area contributed by atoms with Crippen LogP contribution in [0.1, 0.15) is 12.1 Å². The summed E-state index contributed by atoms with van der Waals surface area (Å²) in [6.45, 7) is 0. The van der Waals surface area contributed by atoms with Gasteiger partial charge in [-0.25, -0.2) is 4.98 Å². The quantitative estimate of drug-likeness (QED) is 0.787. The lowest BCUT2D eigenvalue weighted by molar-refractivity contribution is -0.136. The highest BCUT2D eigenvalue weighted by Gasteiger charge is 2.14. The van der Waals surface area contributed by atoms with E-state index >= 15 is 0 Å². The molecule has 1 aromatic carbocycles. The fourth-order valence-electron chi connectivity index (χ4n) is 2.44. The number of para-hydroxylation sites is 1. The van der Waals surface area contributed by atoms with Gasteiger partial charge < -0.3 is 14.4 Å². The molecular weight excluding hydrogens is 258 g/mol. The van der Waals surface area contributed by atoms with Crippen molar-refractivity contribution in [2.75, 3.05) is 7.11 Å². The molecule has 104 valence electrons. The van der Waals surface area contributed by atoms with Gasteiger partial charge in [-0.1, -0.05) is 6.07 Å². The molecule has 0 radical (unpaired) electrons. The second kappa shape index (κ2) is 4.56. The zero-order valence-corrected chi connectivity index (χ0v) is 11.3. The average molecular weight is 273 g/mol. The van der Waals surface area contributed by atoms with Crippen LogP contribution in [-0.2, 0) is 18.3 Å². The number of hydrogen-bond acceptors (Lipinski definition) is 3. The number of rotatable bonds is 4. The van der Waals surface area contributed by atoms with Crippen LogP contribution in [0.15, 0.2) is 24.4 Å². The van der Waals surface area contributed by atoms with Crippen molar-refractivity contribution in [1.29, 1.82) is 0 Å². The number of benzene rings is 1. The van der Waals surface area contributed by atoms with Gasteiger partial charge >= 0.3 is 5.97 Å². The molecule has 1 N–H and O–H groups in total. The van der Waals surface area contributed by atoms with Crippen molar-refractivity contribution < 1.29 is 14.6 Å². The minimum atomic E-state index is -0.796. The van der Waals surface area contributed by atoms with Crippen LogP contribution in [0.25, 0.3) is 16.8 Å². The highest BCUT2D eigenvalue weighted by molar-refractivity contribution is 5.85. The summed E-state index contributed by atoms with van der Waals surface area (Å²) in [4.78, 5) is 15.3. The van der Waals surface area contributed by atoms with Gasteiger partial charge in [0.15, 0.2) is 0 Å². The molecule has 6 nitrogen and oxygen atoms in total. The van der Waals surface area contributed by atoms with Gasteiger partial charge in [0.05, 0.1) is 19.0 Å². The summed E-state index contributed by atoms with van der Waals surface area (Å²) in [7, 11) is 3.52. The van der Waals surface area contributed by atoms with Gasteiger partial charge in [-0.2, -0.15) is 0 Å². The SMILES string of the molecule is COc1cccc2c1nc1n(C)c(CCC(=O)O)cn21. The third kappa shape index (κ3) is 1.80. The fraction of sp³-hybridized carbons (Fsp3) is 0.286. The van der Waals surface area contributed by atoms with Crippen LogP contribution < -0.4 is 4.74 Å². The Morgan fingerprint density at radius 2 is 2.25 bits per heavy atom. The lowest BCUT2D eigenvalue weighted by Crippen LogP contribution is -2.02. The molecule has 0 fully saturated rings. The third-order valence-electron chi connectivity index (χ3n) is 3.49. The van der Waals surface area contributed by atoms with E-state index < -0.39 is 5.97 Å². The Hall–Kier alpha value is -2.50. The van der Waals surface area contributed by atoms with Gasteiger partial charge in [0.2, 0.25) is 5.78 Å². The summed E-state index contributed by atoms with van der Waals surface area (Å²) in [6.07, 6.45) is 2.54. The molecule has 0 aliphatic heterocycles. The maximum atomic E-state index is 10.7. The van der Waals surface area contributed by atoms with Crippen molar-refractivity contribution in [2.24, 2.45) is 7.05 Å². The van der Waals surface area contributed by atoms with Crippen LogP contribution in [0.3, 0.4) is 0 Å². The number of fused-ring (bicyclic) bond motifs is 3. The second-order valence-electron chi connectivity index (χ2n) is 4.68. The van der Waals surface area contributed by atoms with Gasteiger partial charge in [-0.3, -0.25) is 9.20 Å². The van der Waals surface area contributed by atoms with Crippen molar-refractivity contribution in [3.05, 3.63) is 30.1 Å². The van der Waals surface area contributed by atoms with E-state index in [0.29, 0.717) is 6.42 Å². The first-order chi connectivity index (χ1) is 9.61. The number of carbonyl (C=O) groups is 1. The predicted octanol–water partition coefficient (Wildman–Crippen LogP) is 1.85. The zero-order valence-electron chi connectivity index (χ0n) is 11.3. The molecule has 0 spiro atoms. The smallest absolute Gasteiger partial charge is 0.303 e. The molecule has 0 unspecified atom stereocenters. The topological polar surface area (TPSA) is 68.8 Å². The molecule has 6 heteroatoms. The van der Waals surface area contributed by atoms with Crippen molar-refractivity contribution in [3.8, 4) is 5.75 Å². The molecule has 2 aromatic heterocycles. The number of aliphatic carboxylic acids is 1. The van der Waals surface area contributed by atoms with Gasteiger partial charge in [-0.05, 0) is 18.6 Å². The third-order valence-corrected chi connectivity index (χ3v) is 3.49. The van der Waals surface area contributed by atoms with E-state index in [-0.39, 0.29) is 6.42 Å². The van der Waals surface area contributed by atoms with E-state index in [1.165, 1.54) is 0 Å². The first-order valence-corrected chi connectivity index (χ1v) is 6.33. The van der Waals surface area contributed by atoms with E-state index in [9.17, 15) is 4.79 Å². The normalized spacial score (nSPS) is 11.3. The number of aromatic nitrogens is 3. The molecule has 0 saturated heterocycles. The van der Waals surface area contributed by atoms with Crippen molar-refractivity contribution in [2.45, 2.75) is 12.8 Å². The maximum absolute atomic E-state index is 10.7. The number of hydrogen-bond donors (Lipinski definition) is 1. The number of ether oxygens (including phenoxy) is 1. The predicted molar refractivity (Wildman–Crippen MR) is 74.2 cm³/mol. The van der Waals surface area contributed by atoms with Crippen LogP contribution in [0, 0.1) is 0 Å². The van der Waals surface area contributed by atoms with Crippen LogP contribution in [0.2, 0.25) is 0 Å². The first kappa shape index (κ1) is 12.5. The standard InChI is InChI=1S/C14H15N3O3/c1-16-9(6-7-12(18)19)8-17-10-4-3-5-11(20-2)13(10)15-14(16)17/h3-5,8H,6-7H2,1-2H3,(H,18,19). The Morgan fingerprint density at radius 1 is 1.45 bits per heavy atom. The highest BCUT2D eigenvalue weighted by Crippen LogP contribution is 2.26. The summed E-state index contributed by atoms with van der Waals surface area (Å²) in [5.41, 5.74) is 2.71. The van der Waals surface area contributed by atoms with Crippen LogP contribution in [-0.4, -0.2) is 32.1 Å². The average Bonchev–Trinajstić information content (AvgIpc) is 2.94. The number of methoxy groups -OCH3 is 1. The van der Waals surface area contributed by atoms with Crippen molar-refractivity contribution in [3.63, 3.8) is 0 Å². The summed E-state index contributed by atoms with van der Waals surface area (Å²) >= 11 is 0. The summed E-state index contributed by atoms with van der Waals surface area (Å²) in [5.74, 6) is 0.721. The molecule has 0 saturated carbocycles. The number of carboxylic acid groups (broad SMARTS) is 1. The van der Waals surface area contributed by atoms with Crippen LogP contribution in [0.4, 0.5) is 0 Å². The number of nitrogens with zero attached hydrogens (tertiary/aromatic N) is 3. The number of imidazole rings is 2. The van der Waals surface area contributed by atoms with Crippen LogP contribution >= 0.6 is 0 Å². The number of aryl methyl sites for hydroxylation is 2. The molecule has 3 rings (SSSR count). The van der Waals surface area contributed by atoms with Crippen molar-refractivity contribution >= 4 is 22.8 Å². The molecule has 0 atom stereocenters. The van der Waals surface area contributed by atoms with Gasteiger partial charge in [-0.15, -0.1) is 0 Å². The molecule has 0 aliphatic carbocycles. The second-order valence-corrected chi connectivity index (χ2v) is 4.68. The lowest BCUT2D eigenvalue weighted by Gasteiger charge is -2.01. The first-order valence-electron chi connectivity index (χ1n) is 6.33. The largest absolute Gasteiger partial charge is 0.494 e. The minimum absolute atomic E-state index is 0.113. The van der Waals surface area contributed by atoms with E-state index in [1.807, 2.05) is 40.4 Å². The Morgan fingerprint density at radius 3 is 2.95 bits per heavy atom. The van der Waals surface area contributed by atoms with E-state index in [0.717, 1.165) is 28.3 Å². The van der Waals surface area contributed by atoms with E-state index in [1.54, 1.807) is 7.11 Å². The summed E-state index contributed by atoms with van der Waals surface area (Å²) in [5, 5.41) is 8.78. The van der Waals surface area contributed by atoms with Gasteiger partial charge in [0.25, 0.3) is 0 Å². The highest BCUT2D eigenvalue weighted by atomic mass is 16.5. The lowest BCUT2D eigenvalue weighted by atomic mass is 10.2. The van der Waals surface area contributed by atoms with Gasteiger partial charge in [0.1, 0.15) is 11.3 Å². The molecular formula is C14H15N3O3. The fourth-order valence-corrected chi connectivity index (χ4v) is 2.44.